The minimum absolute atomic E-state index is 0.0140. The highest BCUT2D eigenvalue weighted by atomic mass is 16.5. The monoisotopic (exact) mass is 235 g/mol. The molecule has 92 valence electrons. The fourth-order valence-electron chi connectivity index (χ4n) is 1.89. The molecular weight excluding hydrogens is 218 g/mol. The van der Waals surface area contributed by atoms with Gasteiger partial charge in [0, 0.05) is 31.3 Å². The molecule has 0 spiro atoms. The largest absolute Gasteiger partial charge is 0.458 e. The number of carbonyl (C=O) groups is 1. The van der Waals surface area contributed by atoms with E-state index in [1.54, 1.807) is 18.5 Å². The van der Waals surface area contributed by atoms with Crippen molar-refractivity contribution in [3.8, 4) is 6.01 Å². The molecule has 2 heterocycles. The maximum absolute atomic E-state index is 11.8. The maximum atomic E-state index is 11.8. The van der Waals surface area contributed by atoms with Crippen LogP contribution in [0.15, 0.2) is 18.5 Å². The molecule has 0 aliphatic carbocycles. The molecule has 5 nitrogen and oxygen atoms in total. The molecule has 1 amide bonds. The lowest BCUT2D eigenvalue weighted by Gasteiger charge is -2.18. The topological polar surface area (TPSA) is 55.3 Å². The first-order valence-corrected chi connectivity index (χ1v) is 5.89. The van der Waals surface area contributed by atoms with Gasteiger partial charge in [-0.1, -0.05) is 13.8 Å². The second kappa shape index (κ2) is 5.12. The van der Waals surface area contributed by atoms with Crippen LogP contribution in [0, 0.1) is 5.92 Å². The van der Waals surface area contributed by atoms with E-state index >= 15 is 0 Å². The Morgan fingerprint density at radius 2 is 2.18 bits per heavy atom. The number of hydrogen-bond donors (Lipinski definition) is 0. The summed E-state index contributed by atoms with van der Waals surface area (Å²) >= 11 is 0. The SMILES string of the molecule is CC(C)C(=O)N1CC[C@@H](Oc2ncccn2)C1. The molecule has 1 aliphatic rings. The molecule has 0 bridgehead atoms. The molecule has 1 saturated heterocycles. The fraction of sp³-hybridized carbons (Fsp3) is 0.583. The van der Waals surface area contributed by atoms with Crippen LogP contribution in [0.3, 0.4) is 0 Å². The predicted octanol–water partition coefficient (Wildman–Crippen LogP) is 1.11. The van der Waals surface area contributed by atoms with E-state index in [4.69, 9.17) is 4.74 Å². The zero-order valence-electron chi connectivity index (χ0n) is 10.2. The zero-order chi connectivity index (χ0) is 12.3. The Labute approximate surface area is 101 Å². The van der Waals surface area contributed by atoms with Gasteiger partial charge >= 0.3 is 6.01 Å². The average Bonchev–Trinajstić information content (AvgIpc) is 2.77. The Morgan fingerprint density at radius 1 is 1.47 bits per heavy atom. The first-order chi connectivity index (χ1) is 8.16. The van der Waals surface area contributed by atoms with Crippen LogP contribution < -0.4 is 4.74 Å². The van der Waals surface area contributed by atoms with Crippen molar-refractivity contribution in [3.63, 3.8) is 0 Å². The van der Waals surface area contributed by atoms with Crippen LogP contribution in [0.2, 0.25) is 0 Å². The van der Waals surface area contributed by atoms with Gasteiger partial charge in [-0.2, -0.15) is 0 Å². The van der Waals surface area contributed by atoms with Gasteiger partial charge in [-0.05, 0) is 6.07 Å². The van der Waals surface area contributed by atoms with Crippen LogP contribution >= 0.6 is 0 Å². The first-order valence-electron chi connectivity index (χ1n) is 5.89. The number of aromatic nitrogens is 2. The second-order valence-electron chi connectivity index (χ2n) is 4.50. The Kier molecular flexibility index (Phi) is 3.56. The van der Waals surface area contributed by atoms with Gasteiger partial charge in [0.2, 0.25) is 5.91 Å². The average molecular weight is 235 g/mol. The van der Waals surface area contributed by atoms with Gasteiger partial charge in [-0.3, -0.25) is 4.79 Å². The Bertz CT molecular complexity index is 381. The summed E-state index contributed by atoms with van der Waals surface area (Å²) in [6, 6.07) is 2.13. The van der Waals surface area contributed by atoms with E-state index in [1.165, 1.54) is 0 Å². The van der Waals surface area contributed by atoms with Gasteiger partial charge in [-0.25, -0.2) is 9.97 Å². The molecular formula is C12H17N3O2. The Hall–Kier alpha value is -1.65. The maximum Gasteiger partial charge on any atom is 0.316 e. The van der Waals surface area contributed by atoms with Crippen molar-refractivity contribution in [2.75, 3.05) is 13.1 Å². The highest BCUT2D eigenvalue weighted by Crippen LogP contribution is 2.16. The highest BCUT2D eigenvalue weighted by molar-refractivity contribution is 5.78. The highest BCUT2D eigenvalue weighted by Gasteiger charge is 2.29. The van der Waals surface area contributed by atoms with Gasteiger partial charge in [0.05, 0.1) is 6.54 Å². The van der Waals surface area contributed by atoms with Crippen molar-refractivity contribution < 1.29 is 9.53 Å². The minimum atomic E-state index is 0.0140. The number of amides is 1. The zero-order valence-corrected chi connectivity index (χ0v) is 10.2. The van der Waals surface area contributed by atoms with E-state index in [1.807, 2.05) is 18.7 Å². The number of likely N-dealkylation sites (tertiary alicyclic amines) is 1. The van der Waals surface area contributed by atoms with Gasteiger partial charge in [-0.15, -0.1) is 0 Å². The molecule has 2 rings (SSSR count). The molecule has 0 radical (unpaired) electrons. The van der Waals surface area contributed by atoms with Crippen LogP contribution in [0.1, 0.15) is 20.3 Å². The number of hydrogen-bond acceptors (Lipinski definition) is 4. The van der Waals surface area contributed by atoms with Crippen molar-refractivity contribution in [2.24, 2.45) is 5.92 Å². The molecule has 0 saturated carbocycles. The van der Waals surface area contributed by atoms with Crippen molar-refractivity contribution in [1.82, 2.24) is 14.9 Å². The molecule has 0 N–H and O–H groups in total. The van der Waals surface area contributed by atoms with E-state index < -0.39 is 0 Å². The molecule has 17 heavy (non-hydrogen) atoms. The number of ether oxygens (including phenoxy) is 1. The van der Waals surface area contributed by atoms with Crippen molar-refractivity contribution >= 4 is 5.91 Å². The summed E-state index contributed by atoms with van der Waals surface area (Å²) in [7, 11) is 0. The smallest absolute Gasteiger partial charge is 0.316 e. The van der Waals surface area contributed by atoms with E-state index in [9.17, 15) is 4.79 Å². The molecule has 1 aromatic heterocycles. The van der Waals surface area contributed by atoms with Crippen LogP contribution in [0.25, 0.3) is 0 Å². The third-order valence-corrected chi connectivity index (χ3v) is 2.76. The third kappa shape index (κ3) is 2.93. The van der Waals surface area contributed by atoms with Crippen molar-refractivity contribution in [2.45, 2.75) is 26.4 Å². The Balaban J connectivity index is 1.88. The lowest BCUT2D eigenvalue weighted by atomic mass is 10.2. The summed E-state index contributed by atoms with van der Waals surface area (Å²) in [5, 5.41) is 0. The van der Waals surface area contributed by atoms with Crippen LogP contribution in [-0.4, -0.2) is 40.0 Å². The molecule has 1 aromatic rings. The lowest BCUT2D eigenvalue weighted by molar-refractivity contribution is -0.133. The molecule has 5 heteroatoms. The van der Waals surface area contributed by atoms with Gasteiger partial charge in [0.25, 0.3) is 0 Å². The molecule has 1 atom stereocenters. The lowest BCUT2D eigenvalue weighted by Crippen LogP contribution is -2.33. The van der Waals surface area contributed by atoms with Crippen molar-refractivity contribution in [1.29, 1.82) is 0 Å². The molecule has 1 aliphatic heterocycles. The van der Waals surface area contributed by atoms with Crippen LogP contribution in [-0.2, 0) is 4.79 Å². The van der Waals surface area contributed by atoms with E-state index in [2.05, 4.69) is 9.97 Å². The summed E-state index contributed by atoms with van der Waals surface area (Å²) in [5.74, 6) is 0.229. The molecule has 0 aromatic carbocycles. The second-order valence-corrected chi connectivity index (χ2v) is 4.50. The summed E-state index contributed by atoms with van der Waals surface area (Å²) in [5.41, 5.74) is 0. The third-order valence-electron chi connectivity index (χ3n) is 2.76. The van der Waals surface area contributed by atoms with Crippen molar-refractivity contribution in [3.05, 3.63) is 18.5 Å². The first kappa shape index (κ1) is 11.8. The number of carbonyl (C=O) groups excluding carboxylic acids is 1. The number of rotatable bonds is 3. The minimum Gasteiger partial charge on any atom is -0.458 e. The van der Waals surface area contributed by atoms with Gasteiger partial charge in [0.15, 0.2) is 0 Å². The number of nitrogens with zero attached hydrogens (tertiary/aromatic N) is 3. The summed E-state index contributed by atoms with van der Waals surface area (Å²) in [4.78, 5) is 21.6. The standard InChI is InChI=1S/C12H17N3O2/c1-9(2)11(16)15-7-4-10(8-15)17-12-13-5-3-6-14-12/h3,5-6,9-10H,4,7-8H2,1-2H3/t10-/m1/s1. The molecule has 1 fully saturated rings. The fourth-order valence-corrected chi connectivity index (χ4v) is 1.89. The van der Waals surface area contributed by atoms with Crippen LogP contribution in [0.5, 0.6) is 6.01 Å². The predicted molar refractivity (Wildman–Crippen MR) is 62.5 cm³/mol. The van der Waals surface area contributed by atoms with E-state index in [-0.39, 0.29) is 17.9 Å². The quantitative estimate of drug-likeness (QED) is 0.787. The van der Waals surface area contributed by atoms with Gasteiger partial charge < -0.3 is 9.64 Å². The summed E-state index contributed by atoms with van der Waals surface area (Å²) in [6.45, 7) is 5.22. The van der Waals surface area contributed by atoms with E-state index in [0.717, 1.165) is 13.0 Å². The summed E-state index contributed by atoms with van der Waals surface area (Å²) in [6.07, 6.45) is 4.15. The summed E-state index contributed by atoms with van der Waals surface area (Å²) < 4.78 is 5.62. The van der Waals surface area contributed by atoms with Gasteiger partial charge in [0.1, 0.15) is 6.10 Å². The molecule has 0 unspecified atom stereocenters. The van der Waals surface area contributed by atoms with Crippen LogP contribution in [0.4, 0.5) is 0 Å². The normalized spacial score (nSPS) is 19.7. The van der Waals surface area contributed by atoms with E-state index in [0.29, 0.717) is 12.6 Å². The Morgan fingerprint density at radius 3 is 2.82 bits per heavy atom.